The second-order valence-electron chi connectivity index (χ2n) is 5.49. The molecule has 0 spiro atoms. The molecule has 2 rings (SSSR count). The van der Waals surface area contributed by atoms with Crippen molar-refractivity contribution >= 4 is 0 Å². The first-order valence-electron chi connectivity index (χ1n) is 7.49. The lowest BCUT2D eigenvalue weighted by Gasteiger charge is -2.26. The maximum absolute atomic E-state index is 5.85. The van der Waals surface area contributed by atoms with Gasteiger partial charge in [0.15, 0.2) is 0 Å². The quantitative estimate of drug-likeness (QED) is 0.826. The third kappa shape index (κ3) is 5.49. The standard InChI is InChI=1S/C16H26N2O2/c1-14(2)17-13-15-4-3-5-16(12-15)20-11-8-18-6-9-19-10-7-18/h3-5,12,14,17H,6-11,13H2,1-2H3. The van der Waals surface area contributed by atoms with E-state index < -0.39 is 0 Å². The van der Waals surface area contributed by atoms with E-state index in [1.807, 2.05) is 6.07 Å². The van der Waals surface area contributed by atoms with E-state index in [4.69, 9.17) is 9.47 Å². The van der Waals surface area contributed by atoms with Gasteiger partial charge in [-0.2, -0.15) is 0 Å². The number of nitrogens with zero attached hydrogens (tertiary/aromatic N) is 1. The maximum atomic E-state index is 5.85. The van der Waals surface area contributed by atoms with E-state index in [9.17, 15) is 0 Å². The maximum Gasteiger partial charge on any atom is 0.119 e. The summed E-state index contributed by atoms with van der Waals surface area (Å²) in [5.74, 6) is 0.960. The molecule has 1 N–H and O–H groups in total. The SMILES string of the molecule is CC(C)NCc1cccc(OCCN2CCOCC2)c1. The van der Waals surface area contributed by atoms with Crippen LogP contribution >= 0.6 is 0 Å². The zero-order valence-corrected chi connectivity index (χ0v) is 12.6. The topological polar surface area (TPSA) is 33.7 Å². The number of ether oxygens (including phenoxy) is 2. The molecule has 1 saturated heterocycles. The third-order valence-corrected chi connectivity index (χ3v) is 3.39. The summed E-state index contributed by atoms with van der Waals surface area (Å²) in [6.07, 6.45) is 0. The van der Waals surface area contributed by atoms with Gasteiger partial charge in [-0.15, -0.1) is 0 Å². The first kappa shape index (κ1) is 15.3. The van der Waals surface area contributed by atoms with Gasteiger partial charge in [-0.25, -0.2) is 0 Å². The summed E-state index contributed by atoms with van der Waals surface area (Å²) in [6.45, 7) is 10.6. The van der Waals surface area contributed by atoms with Gasteiger partial charge in [0.25, 0.3) is 0 Å². The van der Waals surface area contributed by atoms with Gasteiger partial charge in [-0.1, -0.05) is 26.0 Å². The summed E-state index contributed by atoms with van der Waals surface area (Å²) in [7, 11) is 0. The van der Waals surface area contributed by atoms with Gasteiger partial charge in [0.2, 0.25) is 0 Å². The molecule has 0 amide bonds. The zero-order valence-electron chi connectivity index (χ0n) is 12.6. The molecule has 1 heterocycles. The van der Waals surface area contributed by atoms with Gasteiger partial charge in [-0.05, 0) is 17.7 Å². The molecule has 1 fully saturated rings. The van der Waals surface area contributed by atoms with E-state index >= 15 is 0 Å². The highest BCUT2D eigenvalue weighted by molar-refractivity contribution is 5.28. The van der Waals surface area contributed by atoms with Gasteiger partial charge in [0.05, 0.1) is 13.2 Å². The van der Waals surface area contributed by atoms with Crippen LogP contribution < -0.4 is 10.1 Å². The van der Waals surface area contributed by atoms with Crippen molar-refractivity contribution in [2.45, 2.75) is 26.4 Å². The van der Waals surface area contributed by atoms with Crippen LogP contribution in [-0.2, 0) is 11.3 Å². The summed E-state index contributed by atoms with van der Waals surface area (Å²) < 4.78 is 11.2. The number of hydrogen-bond donors (Lipinski definition) is 1. The van der Waals surface area contributed by atoms with Crippen LogP contribution in [0.5, 0.6) is 5.75 Å². The molecule has 0 radical (unpaired) electrons. The number of nitrogens with one attached hydrogen (secondary N) is 1. The highest BCUT2D eigenvalue weighted by atomic mass is 16.5. The Hall–Kier alpha value is -1.10. The number of rotatable bonds is 7. The largest absolute Gasteiger partial charge is 0.492 e. The second-order valence-corrected chi connectivity index (χ2v) is 5.49. The summed E-state index contributed by atoms with van der Waals surface area (Å²) in [4.78, 5) is 2.38. The van der Waals surface area contributed by atoms with Gasteiger partial charge < -0.3 is 14.8 Å². The Bertz CT molecular complexity index is 390. The smallest absolute Gasteiger partial charge is 0.119 e. The Labute approximate surface area is 122 Å². The van der Waals surface area contributed by atoms with Gasteiger partial charge >= 0.3 is 0 Å². The highest BCUT2D eigenvalue weighted by Crippen LogP contribution is 2.13. The Morgan fingerprint density at radius 3 is 2.85 bits per heavy atom. The van der Waals surface area contributed by atoms with Crippen molar-refractivity contribution < 1.29 is 9.47 Å². The van der Waals surface area contributed by atoms with E-state index in [2.05, 4.69) is 42.3 Å². The minimum atomic E-state index is 0.501. The molecule has 0 saturated carbocycles. The molecule has 0 bridgehead atoms. The molecule has 112 valence electrons. The molecule has 0 unspecified atom stereocenters. The van der Waals surface area contributed by atoms with Crippen molar-refractivity contribution in [3.8, 4) is 5.75 Å². The summed E-state index contributed by atoms with van der Waals surface area (Å²) in [5.41, 5.74) is 1.27. The van der Waals surface area contributed by atoms with Crippen molar-refractivity contribution in [2.75, 3.05) is 39.5 Å². The first-order chi connectivity index (χ1) is 9.74. The van der Waals surface area contributed by atoms with Crippen LogP contribution in [0, 0.1) is 0 Å². The average Bonchev–Trinajstić information content (AvgIpc) is 2.47. The fourth-order valence-electron chi connectivity index (χ4n) is 2.18. The van der Waals surface area contributed by atoms with Crippen LogP contribution in [0.25, 0.3) is 0 Å². The van der Waals surface area contributed by atoms with Crippen molar-refractivity contribution in [1.29, 1.82) is 0 Å². The minimum Gasteiger partial charge on any atom is -0.492 e. The van der Waals surface area contributed by atoms with Crippen molar-refractivity contribution in [3.05, 3.63) is 29.8 Å². The summed E-state index contributed by atoms with van der Waals surface area (Å²) in [6, 6.07) is 8.83. The van der Waals surface area contributed by atoms with Gasteiger partial charge in [0, 0.05) is 32.2 Å². The van der Waals surface area contributed by atoms with Crippen LogP contribution in [0.15, 0.2) is 24.3 Å². The van der Waals surface area contributed by atoms with E-state index in [1.165, 1.54) is 5.56 Å². The molecule has 0 aliphatic carbocycles. The predicted molar refractivity (Wildman–Crippen MR) is 81.2 cm³/mol. The lowest BCUT2D eigenvalue weighted by Crippen LogP contribution is -2.38. The lowest BCUT2D eigenvalue weighted by molar-refractivity contribution is 0.0322. The summed E-state index contributed by atoms with van der Waals surface area (Å²) >= 11 is 0. The fourth-order valence-corrected chi connectivity index (χ4v) is 2.18. The van der Waals surface area contributed by atoms with Crippen LogP contribution in [-0.4, -0.2) is 50.4 Å². The van der Waals surface area contributed by atoms with Crippen LogP contribution in [0.2, 0.25) is 0 Å². The molecular formula is C16H26N2O2. The predicted octanol–water partition coefficient (Wildman–Crippen LogP) is 1.90. The Morgan fingerprint density at radius 2 is 2.10 bits per heavy atom. The molecule has 0 aromatic heterocycles. The number of hydrogen-bond acceptors (Lipinski definition) is 4. The molecular weight excluding hydrogens is 252 g/mol. The average molecular weight is 278 g/mol. The Morgan fingerprint density at radius 1 is 1.30 bits per heavy atom. The Balaban J connectivity index is 1.73. The van der Waals surface area contributed by atoms with Crippen LogP contribution in [0.3, 0.4) is 0 Å². The third-order valence-electron chi connectivity index (χ3n) is 3.39. The summed E-state index contributed by atoms with van der Waals surface area (Å²) in [5, 5.41) is 3.42. The molecule has 1 aliphatic rings. The first-order valence-corrected chi connectivity index (χ1v) is 7.49. The zero-order chi connectivity index (χ0) is 14.2. The molecule has 4 nitrogen and oxygen atoms in total. The van der Waals surface area contributed by atoms with E-state index in [1.54, 1.807) is 0 Å². The molecule has 4 heteroatoms. The van der Waals surface area contributed by atoms with Gasteiger partial charge in [0.1, 0.15) is 12.4 Å². The second kappa shape index (κ2) is 8.25. The number of morpholine rings is 1. The van der Waals surface area contributed by atoms with E-state index in [-0.39, 0.29) is 0 Å². The van der Waals surface area contributed by atoms with Crippen LogP contribution in [0.4, 0.5) is 0 Å². The van der Waals surface area contributed by atoms with Crippen LogP contribution in [0.1, 0.15) is 19.4 Å². The van der Waals surface area contributed by atoms with Gasteiger partial charge in [-0.3, -0.25) is 4.90 Å². The number of benzene rings is 1. The molecule has 0 atom stereocenters. The lowest BCUT2D eigenvalue weighted by atomic mass is 10.2. The Kier molecular flexibility index (Phi) is 6.30. The fraction of sp³-hybridized carbons (Fsp3) is 0.625. The van der Waals surface area contributed by atoms with Crippen molar-refractivity contribution in [1.82, 2.24) is 10.2 Å². The van der Waals surface area contributed by atoms with E-state index in [0.29, 0.717) is 6.04 Å². The highest BCUT2D eigenvalue weighted by Gasteiger charge is 2.09. The molecule has 1 aromatic carbocycles. The van der Waals surface area contributed by atoms with Crippen molar-refractivity contribution in [3.63, 3.8) is 0 Å². The van der Waals surface area contributed by atoms with E-state index in [0.717, 1.165) is 51.7 Å². The molecule has 1 aliphatic heterocycles. The molecule has 1 aromatic rings. The molecule has 20 heavy (non-hydrogen) atoms. The monoisotopic (exact) mass is 278 g/mol. The van der Waals surface area contributed by atoms with Crippen molar-refractivity contribution in [2.24, 2.45) is 0 Å². The normalized spacial score (nSPS) is 16.6. The minimum absolute atomic E-state index is 0.501.